The third kappa shape index (κ3) is 2.45. The van der Waals surface area contributed by atoms with Gasteiger partial charge in [-0.25, -0.2) is 0 Å². The summed E-state index contributed by atoms with van der Waals surface area (Å²) in [7, 11) is 0. The van der Waals surface area contributed by atoms with Gasteiger partial charge in [-0.2, -0.15) is 0 Å². The van der Waals surface area contributed by atoms with Crippen molar-refractivity contribution < 1.29 is 4.79 Å². The second kappa shape index (κ2) is 3.87. The van der Waals surface area contributed by atoms with Crippen LogP contribution in [0.15, 0.2) is 0 Å². The van der Waals surface area contributed by atoms with Crippen molar-refractivity contribution in [2.24, 2.45) is 16.9 Å². The lowest BCUT2D eigenvalue weighted by Gasteiger charge is -2.29. The van der Waals surface area contributed by atoms with Crippen LogP contribution in [0.4, 0.5) is 0 Å². The summed E-state index contributed by atoms with van der Waals surface area (Å²) in [5.74, 6) is 0.0328. The number of carbonyl (C=O) groups excluding carboxylic acids is 1. The Bertz CT molecular complexity index is 222. The van der Waals surface area contributed by atoms with Gasteiger partial charge in [-0.1, -0.05) is 20.8 Å². The van der Waals surface area contributed by atoms with Crippen LogP contribution in [0.3, 0.4) is 0 Å². The van der Waals surface area contributed by atoms with Crippen LogP contribution in [-0.2, 0) is 4.79 Å². The average molecular weight is 199 g/mol. The minimum absolute atomic E-state index is 0.0328. The highest BCUT2D eigenvalue weighted by atomic mass is 16.2. The van der Waals surface area contributed by atoms with Crippen molar-refractivity contribution in [2.75, 3.05) is 13.1 Å². The molecule has 0 bridgehead atoms. The number of likely N-dealkylation sites (tertiary alicyclic amines) is 1. The number of hydrogen-bond acceptors (Lipinski definition) is 3. The molecule has 0 aromatic carbocycles. The van der Waals surface area contributed by atoms with Crippen molar-refractivity contribution in [1.29, 1.82) is 0 Å². The molecule has 4 nitrogen and oxygen atoms in total. The summed E-state index contributed by atoms with van der Waals surface area (Å²) >= 11 is 0. The van der Waals surface area contributed by atoms with Crippen molar-refractivity contribution in [1.82, 2.24) is 4.90 Å². The summed E-state index contributed by atoms with van der Waals surface area (Å²) in [6.45, 7) is 7.34. The van der Waals surface area contributed by atoms with Crippen molar-refractivity contribution in [3.63, 3.8) is 0 Å². The quantitative estimate of drug-likeness (QED) is 0.620. The third-order valence-corrected chi connectivity index (χ3v) is 2.74. The molecule has 1 saturated heterocycles. The van der Waals surface area contributed by atoms with E-state index in [9.17, 15) is 4.79 Å². The number of rotatable bonds is 1. The van der Waals surface area contributed by atoms with E-state index >= 15 is 0 Å². The van der Waals surface area contributed by atoms with Crippen LogP contribution in [0.2, 0.25) is 0 Å². The summed E-state index contributed by atoms with van der Waals surface area (Å²) < 4.78 is 0. The van der Waals surface area contributed by atoms with Crippen molar-refractivity contribution in [2.45, 2.75) is 39.3 Å². The molecule has 82 valence electrons. The molecule has 1 rings (SSSR count). The first-order chi connectivity index (χ1) is 6.32. The molecular weight excluding hydrogens is 178 g/mol. The minimum Gasteiger partial charge on any atom is -0.340 e. The van der Waals surface area contributed by atoms with Crippen LogP contribution in [0.1, 0.15) is 27.2 Å². The Morgan fingerprint density at radius 1 is 1.50 bits per heavy atom. The molecule has 1 unspecified atom stereocenters. The molecule has 0 spiro atoms. The highest BCUT2D eigenvalue weighted by Gasteiger charge is 2.33. The van der Waals surface area contributed by atoms with Gasteiger partial charge in [-0.3, -0.25) is 4.79 Å². The second-order valence-electron chi connectivity index (χ2n) is 5.18. The Labute approximate surface area is 85.6 Å². The summed E-state index contributed by atoms with van der Waals surface area (Å²) in [4.78, 5) is 13.7. The van der Waals surface area contributed by atoms with Gasteiger partial charge in [0.15, 0.2) is 0 Å². The number of amides is 1. The predicted octanol–water partition coefficient (Wildman–Crippen LogP) is -0.0806. The van der Waals surface area contributed by atoms with Gasteiger partial charge in [0.05, 0.1) is 6.04 Å². The maximum atomic E-state index is 11.9. The normalized spacial score (nSPS) is 25.2. The molecule has 1 amide bonds. The van der Waals surface area contributed by atoms with Gasteiger partial charge in [-0.05, 0) is 11.8 Å². The molecule has 0 aromatic rings. The number of hydrogen-bond donors (Lipinski definition) is 2. The van der Waals surface area contributed by atoms with E-state index in [1.54, 1.807) is 4.90 Å². The zero-order chi connectivity index (χ0) is 10.9. The van der Waals surface area contributed by atoms with Crippen molar-refractivity contribution in [3.05, 3.63) is 0 Å². The van der Waals surface area contributed by atoms with Gasteiger partial charge in [0.1, 0.15) is 0 Å². The standard InChI is InChI=1S/C10H21N3O/c1-10(2,3)8(12)9(14)13-5-4-7(11)6-13/h7-8H,4-6,11-12H2,1-3H3/t7-,8?/m1/s1. The van der Waals surface area contributed by atoms with Crippen molar-refractivity contribution >= 4 is 5.91 Å². The molecule has 0 saturated carbocycles. The zero-order valence-corrected chi connectivity index (χ0v) is 9.29. The smallest absolute Gasteiger partial charge is 0.240 e. The summed E-state index contributed by atoms with van der Waals surface area (Å²) in [5.41, 5.74) is 11.4. The molecule has 1 aliphatic heterocycles. The fourth-order valence-corrected chi connectivity index (χ4v) is 1.55. The SMILES string of the molecule is CC(C)(C)C(N)C(=O)N1CC[C@@H](N)C1. The molecule has 1 heterocycles. The van der Waals surface area contributed by atoms with E-state index in [1.165, 1.54) is 0 Å². The summed E-state index contributed by atoms with van der Waals surface area (Å²) in [6, 6.07) is -0.293. The predicted molar refractivity (Wildman–Crippen MR) is 56.6 cm³/mol. The minimum atomic E-state index is -0.423. The molecule has 14 heavy (non-hydrogen) atoms. The lowest BCUT2D eigenvalue weighted by atomic mass is 9.86. The van der Waals surface area contributed by atoms with E-state index in [2.05, 4.69) is 0 Å². The van der Waals surface area contributed by atoms with Gasteiger partial charge in [0.25, 0.3) is 0 Å². The maximum Gasteiger partial charge on any atom is 0.240 e. The van der Waals surface area contributed by atoms with E-state index < -0.39 is 6.04 Å². The van der Waals surface area contributed by atoms with Crippen LogP contribution in [-0.4, -0.2) is 36.0 Å². The number of carbonyl (C=O) groups is 1. The Balaban J connectivity index is 2.57. The molecule has 1 fully saturated rings. The van der Waals surface area contributed by atoms with E-state index in [0.29, 0.717) is 6.54 Å². The van der Waals surface area contributed by atoms with E-state index in [1.807, 2.05) is 20.8 Å². The molecule has 1 aliphatic rings. The second-order valence-corrected chi connectivity index (χ2v) is 5.18. The average Bonchev–Trinajstić information content (AvgIpc) is 2.47. The van der Waals surface area contributed by atoms with Gasteiger partial charge >= 0.3 is 0 Å². The van der Waals surface area contributed by atoms with Crippen LogP contribution in [0.25, 0.3) is 0 Å². The number of nitrogens with two attached hydrogens (primary N) is 2. The Morgan fingerprint density at radius 2 is 2.07 bits per heavy atom. The van der Waals surface area contributed by atoms with Crippen LogP contribution in [0, 0.1) is 5.41 Å². The van der Waals surface area contributed by atoms with Crippen molar-refractivity contribution in [3.8, 4) is 0 Å². The van der Waals surface area contributed by atoms with Gasteiger partial charge in [-0.15, -0.1) is 0 Å². The topological polar surface area (TPSA) is 72.4 Å². The Morgan fingerprint density at radius 3 is 2.43 bits per heavy atom. The van der Waals surface area contributed by atoms with Gasteiger partial charge in [0.2, 0.25) is 5.91 Å². The first-order valence-corrected chi connectivity index (χ1v) is 5.12. The Hall–Kier alpha value is -0.610. The summed E-state index contributed by atoms with van der Waals surface area (Å²) in [6.07, 6.45) is 0.891. The molecule has 0 radical (unpaired) electrons. The highest BCUT2D eigenvalue weighted by Crippen LogP contribution is 2.20. The highest BCUT2D eigenvalue weighted by molar-refractivity contribution is 5.82. The lowest BCUT2D eigenvalue weighted by molar-refractivity contribution is -0.133. The summed E-state index contributed by atoms with van der Waals surface area (Å²) in [5, 5.41) is 0. The Kier molecular flexibility index (Phi) is 3.17. The molecule has 0 aliphatic carbocycles. The first kappa shape index (κ1) is 11.5. The molecule has 4 heteroatoms. The zero-order valence-electron chi connectivity index (χ0n) is 9.29. The largest absolute Gasteiger partial charge is 0.340 e. The van der Waals surface area contributed by atoms with Gasteiger partial charge in [0, 0.05) is 19.1 Å². The molecule has 4 N–H and O–H groups in total. The van der Waals surface area contributed by atoms with Crippen LogP contribution in [0.5, 0.6) is 0 Å². The first-order valence-electron chi connectivity index (χ1n) is 5.12. The van der Waals surface area contributed by atoms with Gasteiger partial charge < -0.3 is 16.4 Å². The maximum absolute atomic E-state index is 11.9. The molecular formula is C10H21N3O. The fraction of sp³-hybridized carbons (Fsp3) is 0.900. The molecule has 2 atom stereocenters. The van der Waals surface area contributed by atoms with E-state index in [-0.39, 0.29) is 17.4 Å². The van der Waals surface area contributed by atoms with Crippen LogP contribution < -0.4 is 11.5 Å². The lowest BCUT2D eigenvalue weighted by Crippen LogP contribution is -2.50. The van der Waals surface area contributed by atoms with E-state index in [4.69, 9.17) is 11.5 Å². The van der Waals surface area contributed by atoms with Crippen LogP contribution >= 0.6 is 0 Å². The van der Waals surface area contributed by atoms with E-state index in [0.717, 1.165) is 13.0 Å². The monoisotopic (exact) mass is 199 g/mol. The number of nitrogens with zero attached hydrogens (tertiary/aromatic N) is 1. The third-order valence-electron chi connectivity index (χ3n) is 2.74. The fourth-order valence-electron chi connectivity index (χ4n) is 1.55. The molecule has 0 aromatic heterocycles.